The van der Waals surface area contributed by atoms with Crippen molar-refractivity contribution in [1.82, 2.24) is 4.98 Å². The van der Waals surface area contributed by atoms with Gasteiger partial charge in [0.15, 0.2) is 5.78 Å². The zero-order valence-corrected chi connectivity index (χ0v) is 20.2. The molecule has 0 radical (unpaired) electrons. The van der Waals surface area contributed by atoms with Gasteiger partial charge in [-0.3, -0.25) is 14.5 Å². The van der Waals surface area contributed by atoms with Gasteiger partial charge in [0.1, 0.15) is 5.75 Å². The monoisotopic (exact) mass is 500 g/mol. The fourth-order valence-corrected chi connectivity index (χ4v) is 5.95. The fourth-order valence-electron chi connectivity index (χ4n) is 3.85. The van der Waals surface area contributed by atoms with Crippen molar-refractivity contribution in [2.75, 3.05) is 4.72 Å². The number of Topliss-reactive ketones (excluding diaryl/α,β-unsaturated/α-hetero) is 1. The van der Waals surface area contributed by atoms with Crippen LogP contribution in [0.2, 0.25) is 0 Å². The van der Waals surface area contributed by atoms with E-state index in [2.05, 4.69) is 9.71 Å². The number of hydrogen-bond donors (Lipinski definition) is 2. The summed E-state index contributed by atoms with van der Waals surface area (Å²) in [6.07, 6.45) is 1.71. The number of phenols is 1. The lowest BCUT2D eigenvalue weighted by molar-refractivity contribution is 0.101. The van der Waals surface area contributed by atoms with Gasteiger partial charge in [0.2, 0.25) is 0 Å². The molecule has 0 atom stereocenters. The summed E-state index contributed by atoms with van der Waals surface area (Å²) in [5, 5.41) is 13.1. The molecule has 6 nitrogen and oxygen atoms in total. The van der Waals surface area contributed by atoms with Gasteiger partial charge in [-0.25, -0.2) is 8.42 Å². The summed E-state index contributed by atoms with van der Waals surface area (Å²) in [4.78, 5) is 17.4. The predicted molar refractivity (Wildman–Crippen MR) is 139 cm³/mol. The maximum atomic E-state index is 13.2. The van der Waals surface area contributed by atoms with Crippen molar-refractivity contribution in [3.8, 4) is 5.75 Å². The number of para-hydroxylation sites is 1. The third-order valence-electron chi connectivity index (χ3n) is 5.61. The number of carbonyl (C=O) groups is 1. The number of carbonyl (C=O) groups excluding carboxylic acids is 1. The molecule has 0 aliphatic carbocycles. The van der Waals surface area contributed by atoms with E-state index < -0.39 is 10.0 Å². The molecule has 174 valence electrons. The molecule has 5 aromatic rings. The van der Waals surface area contributed by atoms with Crippen molar-refractivity contribution in [3.05, 3.63) is 96.7 Å². The van der Waals surface area contributed by atoms with Gasteiger partial charge in [-0.05, 0) is 37.3 Å². The van der Waals surface area contributed by atoms with Gasteiger partial charge in [-0.2, -0.15) is 0 Å². The van der Waals surface area contributed by atoms with E-state index in [1.807, 2.05) is 30.3 Å². The highest BCUT2D eigenvalue weighted by Gasteiger charge is 2.19. The molecular formula is C27H20N2O4S2. The molecule has 0 amide bonds. The van der Waals surface area contributed by atoms with Crippen LogP contribution in [0.5, 0.6) is 5.75 Å². The lowest BCUT2D eigenvalue weighted by Gasteiger charge is -2.15. The molecule has 8 heteroatoms. The number of fused-ring (bicyclic) bond motifs is 2. The Hall–Kier alpha value is -3.88. The number of ketones is 1. The van der Waals surface area contributed by atoms with E-state index in [0.717, 1.165) is 15.8 Å². The second kappa shape index (κ2) is 9.05. The molecule has 1 heterocycles. The molecule has 5 rings (SSSR count). The first-order valence-corrected chi connectivity index (χ1v) is 13.0. The van der Waals surface area contributed by atoms with Crippen molar-refractivity contribution in [2.45, 2.75) is 21.6 Å². The van der Waals surface area contributed by atoms with Gasteiger partial charge in [0.25, 0.3) is 10.0 Å². The topological polar surface area (TPSA) is 96.4 Å². The second-order valence-electron chi connectivity index (χ2n) is 7.94. The molecule has 1 aromatic heterocycles. The van der Waals surface area contributed by atoms with Crippen LogP contribution in [-0.4, -0.2) is 24.3 Å². The summed E-state index contributed by atoms with van der Waals surface area (Å²) in [6.45, 7) is 1.43. The molecule has 0 saturated heterocycles. The molecule has 2 N–H and O–H groups in total. The van der Waals surface area contributed by atoms with Gasteiger partial charge in [0.05, 0.1) is 21.0 Å². The van der Waals surface area contributed by atoms with Crippen LogP contribution in [0.3, 0.4) is 0 Å². The molecular weight excluding hydrogens is 480 g/mol. The first kappa shape index (κ1) is 22.9. The van der Waals surface area contributed by atoms with Crippen LogP contribution in [0.4, 0.5) is 5.69 Å². The van der Waals surface area contributed by atoms with Crippen LogP contribution >= 0.6 is 11.8 Å². The normalized spacial score (nSPS) is 11.6. The highest BCUT2D eigenvalue weighted by atomic mass is 32.2. The summed E-state index contributed by atoms with van der Waals surface area (Å²) in [5.74, 6) is -0.0803. The number of phenolic OH excluding ortho intramolecular Hbond substituents is 1. The van der Waals surface area contributed by atoms with Crippen LogP contribution in [0.15, 0.2) is 106 Å². The number of anilines is 1. The van der Waals surface area contributed by atoms with Gasteiger partial charge in [-0.15, -0.1) is 0 Å². The van der Waals surface area contributed by atoms with Crippen LogP contribution < -0.4 is 4.72 Å². The number of aromatic hydroxyl groups is 1. The van der Waals surface area contributed by atoms with E-state index in [4.69, 9.17) is 0 Å². The highest BCUT2D eigenvalue weighted by molar-refractivity contribution is 7.99. The molecule has 0 bridgehead atoms. The summed E-state index contributed by atoms with van der Waals surface area (Å²) >= 11 is 1.31. The summed E-state index contributed by atoms with van der Waals surface area (Å²) in [6, 6.07) is 24.1. The largest absolute Gasteiger partial charge is 0.506 e. The second-order valence-corrected chi connectivity index (χ2v) is 10.7. The molecule has 0 spiro atoms. The number of pyridine rings is 1. The third-order valence-corrected chi connectivity index (χ3v) is 8.07. The minimum absolute atomic E-state index is 0.0344. The number of rotatable bonds is 6. The minimum Gasteiger partial charge on any atom is -0.506 e. The first-order chi connectivity index (χ1) is 16.8. The van der Waals surface area contributed by atoms with Gasteiger partial charge in [0, 0.05) is 32.8 Å². The lowest BCUT2D eigenvalue weighted by atomic mass is 10.1. The van der Waals surface area contributed by atoms with Crippen LogP contribution in [0.25, 0.3) is 21.7 Å². The number of aromatic nitrogens is 1. The lowest BCUT2D eigenvalue weighted by Crippen LogP contribution is -2.13. The molecule has 0 aliphatic rings. The standard InChI is InChI=1S/C27H20N2O4S2/c1-17(30)18-11-13-20(14-12-18)35(32,33)29-23-16-25(27(31)22-9-3-2-8-21(22)23)34-24-10-4-6-19-7-5-15-28-26(19)24/h2-16,29,31H,1H3. The third kappa shape index (κ3) is 4.45. The Morgan fingerprint density at radius 2 is 1.60 bits per heavy atom. The summed E-state index contributed by atoms with van der Waals surface area (Å²) in [7, 11) is -3.95. The van der Waals surface area contributed by atoms with Gasteiger partial charge in [-0.1, -0.05) is 66.4 Å². The average molecular weight is 501 g/mol. The van der Waals surface area contributed by atoms with E-state index in [1.165, 1.54) is 43.0 Å². The van der Waals surface area contributed by atoms with Gasteiger partial charge >= 0.3 is 0 Å². The minimum atomic E-state index is -3.95. The van der Waals surface area contributed by atoms with E-state index in [1.54, 1.807) is 36.5 Å². The van der Waals surface area contributed by atoms with E-state index in [0.29, 0.717) is 26.9 Å². The number of nitrogens with one attached hydrogen (secondary N) is 1. The highest BCUT2D eigenvalue weighted by Crippen LogP contribution is 2.44. The zero-order valence-electron chi connectivity index (χ0n) is 18.6. The SMILES string of the molecule is CC(=O)c1ccc(S(=O)(=O)Nc2cc(Sc3cccc4cccnc34)c(O)c3ccccc23)cc1. The molecule has 0 saturated carbocycles. The Kier molecular flexibility index (Phi) is 5.92. The molecule has 4 aromatic carbocycles. The number of benzene rings is 4. The maximum Gasteiger partial charge on any atom is 0.261 e. The summed E-state index contributed by atoms with van der Waals surface area (Å²) in [5.41, 5.74) is 1.56. The smallest absolute Gasteiger partial charge is 0.261 e. The Morgan fingerprint density at radius 1 is 0.886 bits per heavy atom. The Bertz CT molecular complexity index is 1690. The Labute approximate surface area is 206 Å². The average Bonchev–Trinajstić information content (AvgIpc) is 2.87. The van der Waals surface area contributed by atoms with Crippen molar-refractivity contribution in [2.24, 2.45) is 0 Å². The van der Waals surface area contributed by atoms with Gasteiger partial charge < -0.3 is 5.11 Å². The maximum absolute atomic E-state index is 13.2. The quantitative estimate of drug-likeness (QED) is 0.211. The first-order valence-electron chi connectivity index (χ1n) is 10.7. The van der Waals surface area contributed by atoms with Crippen LogP contribution in [0, 0.1) is 0 Å². The number of nitrogens with zero attached hydrogens (tertiary/aromatic N) is 1. The van der Waals surface area contributed by atoms with E-state index in [9.17, 15) is 18.3 Å². The molecule has 35 heavy (non-hydrogen) atoms. The van der Waals surface area contributed by atoms with Crippen LogP contribution in [-0.2, 0) is 10.0 Å². The van der Waals surface area contributed by atoms with Crippen LogP contribution in [0.1, 0.15) is 17.3 Å². The van der Waals surface area contributed by atoms with Crippen molar-refractivity contribution in [3.63, 3.8) is 0 Å². The van der Waals surface area contributed by atoms with Crippen molar-refractivity contribution < 1.29 is 18.3 Å². The van der Waals surface area contributed by atoms with Crippen molar-refractivity contribution in [1.29, 1.82) is 0 Å². The fraction of sp³-hybridized carbons (Fsp3) is 0.0370. The molecule has 0 unspecified atom stereocenters. The Morgan fingerprint density at radius 3 is 2.34 bits per heavy atom. The zero-order chi connectivity index (χ0) is 24.6. The summed E-state index contributed by atoms with van der Waals surface area (Å²) < 4.78 is 29.0. The number of sulfonamides is 1. The number of hydrogen-bond acceptors (Lipinski definition) is 6. The Balaban J connectivity index is 1.59. The van der Waals surface area contributed by atoms with E-state index >= 15 is 0 Å². The van der Waals surface area contributed by atoms with E-state index in [-0.39, 0.29) is 16.4 Å². The predicted octanol–water partition coefficient (Wildman–Crippen LogP) is 6.25. The molecule has 0 fully saturated rings. The van der Waals surface area contributed by atoms with Crippen molar-refractivity contribution >= 4 is 54.9 Å². The molecule has 0 aliphatic heterocycles.